The second-order valence-electron chi connectivity index (χ2n) is 4.66. The van der Waals surface area contributed by atoms with E-state index in [-0.39, 0.29) is 5.91 Å². The highest BCUT2D eigenvalue weighted by Gasteiger charge is 2.27. The molecule has 0 saturated heterocycles. The highest BCUT2D eigenvalue weighted by atomic mass is 16.2. The molecule has 0 aliphatic heterocycles. The summed E-state index contributed by atoms with van der Waals surface area (Å²) in [4.78, 5) is 13.5. The molecule has 2 unspecified atom stereocenters. The molecule has 1 amide bonds. The second kappa shape index (κ2) is 4.63. The van der Waals surface area contributed by atoms with Crippen LogP contribution in [0.3, 0.4) is 0 Å². The zero-order valence-electron chi connectivity index (χ0n) is 9.66. The first kappa shape index (κ1) is 11.3. The molecular weight excluding hydrogens is 174 g/mol. The summed E-state index contributed by atoms with van der Waals surface area (Å²) in [5.41, 5.74) is 0. The minimum absolute atomic E-state index is 0.208. The molecular formula is C12H21NO. The van der Waals surface area contributed by atoms with Gasteiger partial charge in [-0.2, -0.15) is 0 Å². The minimum atomic E-state index is 0.208. The van der Waals surface area contributed by atoms with Crippen molar-refractivity contribution in [2.75, 3.05) is 6.54 Å². The van der Waals surface area contributed by atoms with E-state index >= 15 is 0 Å². The van der Waals surface area contributed by atoms with Crippen molar-refractivity contribution in [1.82, 2.24) is 4.90 Å². The molecule has 2 nitrogen and oxygen atoms in total. The van der Waals surface area contributed by atoms with Crippen LogP contribution in [0.1, 0.15) is 34.1 Å². The van der Waals surface area contributed by atoms with Gasteiger partial charge in [0.25, 0.3) is 0 Å². The first-order chi connectivity index (χ1) is 6.52. The zero-order chi connectivity index (χ0) is 10.7. The summed E-state index contributed by atoms with van der Waals surface area (Å²) in [6.07, 6.45) is 5.42. The fourth-order valence-corrected chi connectivity index (χ4v) is 2.08. The maximum absolute atomic E-state index is 11.5. The van der Waals surface area contributed by atoms with Gasteiger partial charge in [-0.15, -0.1) is 0 Å². The molecule has 2 atom stereocenters. The molecule has 0 N–H and O–H groups in total. The van der Waals surface area contributed by atoms with Crippen molar-refractivity contribution in [2.24, 2.45) is 11.8 Å². The molecule has 1 aliphatic carbocycles. The number of rotatable bonds is 3. The number of carbonyl (C=O) groups excluding carboxylic acids is 1. The Balaban J connectivity index is 2.63. The first-order valence-electron chi connectivity index (χ1n) is 5.46. The Morgan fingerprint density at radius 1 is 1.57 bits per heavy atom. The monoisotopic (exact) mass is 195 g/mol. The van der Waals surface area contributed by atoms with E-state index in [2.05, 4.69) is 32.9 Å². The van der Waals surface area contributed by atoms with Gasteiger partial charge in [0, 0.05) is 19.5 Å². The molecule has 1 rings (SSSR count). The van der Waals surface area contributed by atoms with Gasteiger partial charge >= 0.3 is 0 Å². The lowest BCUT2D eigenvalue weighted by molar-refractivity contribution is -0.132. The molecule has 14 heavy (non-hydrogen) atoms. The van der Waals surface area contributed by atoms with Crippen molar-refractivity contribution in [3.05, 3.63) is 12.2 Å². The predicted octanol–water partition coefficient (Wildman–Crippen LogP) is 2.46. The van der Waals surface area contributed by atoms with Gasteiger partial charge in [-0.1, -0.05) is 32.9 Å². The molecule has 0 bridgehead atoms. The van der Waals surface area contributed by atoms with E-state index in [0.29, 0.717) is 17.9 Å². The third kappa shape index (κ3) is 2.60. The van der Waals surface area contributed by atoms with Gasteiger partial charge < -0.3 is 4.90 Å². The van der Waals surface area contributed by atoms with Crippen LogP contribution in [0.4, 0.5) is 0 Å². The number of nitrogens with zero attached hydrogens (tertiary/aromatic N) is 1. The van der Waals surface area contributed by atoms with Crippen LogP contribution in [0, 0.1) is 11.8 Å². The first-order valence-corrected chi connectivity index (χ1v) is 5.46. The molecule has 80 valence electrons. The Morgan fingerprint density at radius 2 is 2.21 bits per heavy atom. The van der Waals surface area contributed by atoms with Crippen molar-refractivity contribution < 1.29 is 4.79 Å². The number of carbonyl (C=O) groups is 1. The summed E-state index contributed by atoms with van der Waals surface area (Å²) in [5.74, 6) is 1.27. The molecule has 0 heterocycles. The molecule has 0 fully saturated rings. The normalized spacial score (nSPS) is 25.8. The highest BCUT2D eigenvalue weighted by Crippen LogP contribution is 2.24. The van der Waals surface area contributed by atoms with E-state index < -0.39 is 0 Å². The van der Waals surface area contributed by atoms with E-state index in [1.807, 2.05) is 4.90 Å². The number of hydrogen-bond acceptors (Lipinski definition) is 1. The van der Waals surface area contributed by atoms with Gasteiger partial charge in [-0.3, -0.25) is 4.79 Å². The average molecular weight is 195 g/mol. The van der Waals surface area contributed by atoms with Crippen LogP contribution in [0.15, 0.2) is 12.2 Å². The lowest BCUT2D eigenvalue weighted by atomic mass is 10.0. The quantitative estimate of drug-likeness (QED) is 0.633. The average Bonchev–Trinajstić information content (AvgIpc) is 2.46. The van der Waals surface area contributed by atoms with E-state index in [4.69, 9.17) is 0 Å². The summed E-state index contributed by atoms with van der Waals surface area (Å²) >= 11 is 0. The van der Waals surface area contributed by atoms with Crippen molar-refractivity contribution in [3.8, 4) is 0 Å². The number of amides is 1. The molecule has 1 aliphatic rings. The van der Waals surface area contributed by atoms with Crippen LogP contribution < -0.4 is 0 Å². The van der Waals surface area contributed by atoms with Crippen molar-refractivity contribution in [2.45, 2.75) is 40.2 Å². The van der Waals surface area contributed by atoms with Crippen molar-refractivity contribution in [1.29, 1.82) is 0 Å². The maximum Gasteiger partial charge on any atom is 0.219 e. The molecule has 0 spiro atoms. The summed E-state index contributed by atoms with van der Waals surface area (Å²) in [6, 6.07) is 0.398. The molecule has 2 heteroatoms. The second-order valence-corrected chi connectivity index (χ2v) is 4.66. The SMILES string of the molecule is CC(=O)N(CC(C)C)C1CC=CC1C. The van der Waals surface area contributed by atoms with E-state index in [1.54, 1.807) is 6.92 Å². The third-order valence-corrected chi connectivity index (χ3v) is 2.79. The van der Waals surface area contributed by atoms with Gasteiger partial charge in [0.1, 0.15) is 0 Å². The minimum Gasteiger partial charge on any atom is -0.339 e. The molecule has 0 saturated carbocycles. The van der Waals surface area contributed by atoms with Crippen LogP contribution >= 0.6 is 0 Å². The maximum atomic E-state index is 11.5. The van der Waals surface area contributed by atoms with Gasteiger partial charge in [0.2, 0.25) is 5.91 Å². The lowest BCUT2D eigenvalue weighted by Gasteiger charge is -2.32. The van der Waals surface area contributed by atoms with Gasteiger partial charge in [0.05, 0.1) is 0 Å². The van der Waals surface area contributed by atoms with Crippen molar-refractivity contribution in [3.63, 3.8) is 0 Å². The topological polar surface area (TPSA) is 20.3 Å². The van der Waals surface area contributed by atoms with Gasteiger partial charge in [-0.25, -0.2) is 0 Å². The highest BCUT2D eigenvalue weighted by molar-refractivity contribution is 5.73. The smallest absolute Gasteiger partial charge is 0.219 e. The van der Waals surface area contributed by atoms with Crippen LogP contribution in [-0.4, -0.2) is 23.4 Å². The molecule has 0 aromatic heterocycles. The summed E-state index contributed by atoms with van der Waals surface area (Å²) < 4.78 is 0. The van der Waals surface area contributed by atoms with E-state index in [1.165, 1.54) is 0 Å². The fraction of sp³-hybridized carbons (Fsp3) is 0.750. The predicted molar refractivity (Wildman–Crippen MR) is 58.9 cm³/mol. The molecule has 0 radical (unpaired) electrons. The Kier molecular flexibility index (Phi) is 3.73. The largest absolute Gasteiger partial charge is 0.339 e. The Bertz CT molecular complexity index is 232. The standard InChI is InChI=1S/C12H21NO/c1-9(2)8-13(11(4)14)12-7-5-6-10(12)3/h5-6,9-10,12H,7-8H2,1-4H3. The molecule has 0 aromatic rings. The summed E-state index contributed by atoms with van der Waals surface area (Å²) in [5, 5.41) is 0. The zero-order valence-corrected chi connectivity index (χ0v) is 9.66. The fourth-order valence-electron chi connectivity index (χ4n) is 2.08. The van der Waals surface area contributed by atoms with Crippen molar-refractivity contribution >= 4 is 5.91 Å². The third-order valence-electron chi connectivity index (χ3n) is 2.79. The summed E-state index contributed by atoms with van der Waals surface area (Å²) in [6.45, 7) is 9.05. The van der Waals surface area contributed by atoms with Crippen LogP contribution in [0.5, 0.6) is 0 Å². The summed E-state index contributed by atoms with van der Waals surface area (Å²) in [7, 11) is 0. The van der Waals surface area contributed by atoms with Crippen LogP contribution in [0.2, 0.25) is 0 Å². The lowest BCUT2D eigenvalue weighted by Crippen LogP contribution is -2.42. The Labute approximate surface area is 87.0 Å². The van der Waals surface area contributed by atoms with Crippen LogP contribution in [-0.2, 0) is 4.79 Å². The Hall–Kier alpha value is -0.790. The van der Waals surface area contributed by atoms with Crippen LogP contribution in [0.25, 0.3) is 0 Å². The van der Waals surface area contributed by atoms with E-state index in [9.17, 15) is 4.79 Å². The Morgan fingerprint density at radius 3 is 2.57 bits per heavy atom. The molecule has 0 aromatic carbocycles. The van der Waals surface area contributed by atoms with E-state index in [0.717, 1.165) is 13.0 Å². The number of hydrogen-bond donors (Lipinski definition) is 0. The van der Waals surface area contributed by atoms with Gasteiger partial charge in [0.15, 0.2) is 0 Å². The van der Waals surface area contributed by atoms with Gasteiger partial charge in [-0.05, 0) is 18.3 Å².